The van der Waals surface area contributed by atoms with Gasteiger partial charge in [0.15, 0.2) is 0 Å². The van der Waals surface area contributed by atoms with Crippen LogP contribution in [0.1, 0.15) is 61.3 Å². The van der Waals surface area contributed by atoms with Crippen molar-refractivity contribution in [1.29, 1.82) is 0 Å². The van der Waals surface area contributed by atoms with Crippen molar-refractivity contribution < 1.29 is 28.8 Å². The van der Waals surface area contributed by atoms with Gasteiger partial charge in [-0.2, -0.15) is 0 Å². The SMILES string of the molecule is CCOC(=O)c1ccc(N2C(=O)CC(N(C(=O)c3cccc([N+](=O)[O-])c3)C(C)(C)CC)C2=O)cc1. The maximum absolute atomic E-state index is 13.6. The summed E-state index contributed by atoms with van der Waals surface area (Å²) in [5.41, 5.74) is -0.472. The van der Waals surface area contributed by atoms with E-state index in [9.17, 15) is 29.3 Å². The molecule has 1 saturated heterocycles. The normalized spacial score (nSPS) is 15.8. The summed E-state index contributed by atoms with van der Waals surface area (Å²) in [6.45, 7) is 7.30. The third-order valence-corrected chi connectivity index (χ3v) is 6.11. The van der Waals surface area contributed by atoms with Gasteiger partial charge in [-0.3, -0.25) is 24.5 Å². The molecule has 0 saturated carbocycles. The highest BCUT2D eigenvalue weighted by Crippen LogP contribution is 2.33. The predicted octanol–water partition coefficient (Wildman–Crippen LogP) is 3.73. The van der Waals surface area contributed by atoms with E-state index < -0.39 is 40.2 Å². The second-order valence-electron chi connectivity index (χ2n) is 8.70. The Morgan fingerprint density at radius 3 is 2.34 bits per heavy atom. The van der Waals surface area contributed by atoms with Gasteiger partial charge in [0.2, 0.25) is 5.91 Å². The van der Waals surface area contributed by atoms with E-state index in [2.05, 4.69) is 0 Å². The van der Waals surface area contributed by atoms with Crippen molar-refractivity contribution in [2.45, 2.75) is 52.1 Å². The minimum absolute atomic E-state index is 0.0539. The fourth-order valence-corrected chi connectivity index (χ4v) is 3.95. The van der Waals surface area contributed by atoms with Crippen molar-refractivity contribution >= 4 is 35.1 Å². The Morgan fingerprint density at radius 2 is 1.77 bits per heavy atom. The highest BCUT2D eigenvalue weighted by atomic mass is 16.6. The Hall–Kier alpha value is -4.08. The number of esters is 1. The molecule has 0 aliphatic carbocycles. The van der Waals surface area contributed by atoms with Gasteiger partial charge in [-0.25, -0.2) is 9.69 Å². The van der Waals surface area contributed by atoms with Crippen LogP contribution in [-0.2, 0) is 14.3 Å². The van der Waals surface area contributed by atoms with Gasteiger partial charge in [0, 0.05) is 23.2 Å². The average Bonchev–Trinajstić information content (AvgIpc) is 3.12. The second kappa shape index (κ2) is 10.0. The highest BCUT2D eigenvalue weighted by Gasteiger charge is 2.48. The number of non-ortho nitro benzene ring substituents is 1. The molecule has 10 heteroatoms. The van der Waals surface area contributed by atoms with Crippen LogP contribution in [0.4, 0.5) is 11.4 Å². The smallest absolute Gasteiger partial charge is 0.338 e. The van der Waals surface area contributed by atoms with Crippen molar-refractivity contribution in [3.05, 3.63) is 69.8 Å². The Labute approximate surface area is 202 Å². The molecule has 1 aliphatic heterocycles. The molecule has 2 aromatic carbocycles. The van der Waals surface area contributed by atoms with Crippen LogP contribution in [0.5, 0.6) is 0 Å². The van der Waals surface area contributed by atoms with E-state index in [1.807, 2.05) is 6.92 Å². The summed E-state index contributed by atoms with van der Waals surface area (Å²) < 4.78 is 4.95. The first kappa shape index (κ1) is 25.5. The maximum Gasteiger partial charge on any atom is 0.338 e. The van der Waals surface area contributed by atoms with Crippen molar-refractivity contribution in [2.75, 3.05) is 11.5 Å². The topological polar surface area (TPSA) is 127 Å². The number of carbonyl (C=O) groups excluding carboxylic acids is 4. The third kappa shape index (κ3) is 5.06. The molecule has 0 spiro atoms. The summed E-state index contributed by atoms with van der Waals surface area (Å²) in [6, 6.07) is 10.1. The van der Waals surface area contributed by atoms with Crippen LogP contribution in [0.2, 0.25) is 0 Å². The quantitative estimate of drug-likeness (QED) is 0.243. The van der Waals surface area contributed by atoms with E-state index in [1.165, 1.54) is 47.4 Å². The fraction of sp³-hybridized carbons (Fsp3) is 0.360. The summed E-state index contributed by atoms with van der Waals surface area (Å²) in [4.78, 5) is 64.8. The zero-order chi connectivity index (χ0) is 25.9. The van der Waals surface area contributed by atoms with Crippen molar-refractivity contribution in [3.63, 3.8) is 0 Å². The van der Waals surface area contributed by atoms with Crippen LogP contribution < -0.4 is 4.90 Å². The first-order valence-electron chi connectivity index (χ1n) is 11.2. The minimum Gasteiger partial charge on any atom is -0.462 e. The number of anilines is 1. The number of nitrogens with zero attached hydrogens (tertiary/aromatic N) is 3. The number of benzene rings is 2. The Balaban J connectivity index is 1.96. The lowest BCUT2D eigenvalue weighted by molar-refractivity contribution is -0.384. The summed E-state index contributed by atoms with van der Waals surface area (Å²) in [7, 11) is 0. The molecule has 1 fully saturated rings. The summed E-state index contributed by atoms with van der Waals surface area (Å²) in [5.74, 6) is -2.17. The molecule has 2 aromatic rings. The Bertz CT molecular complexity index is 1170. The molecule has 0 aromatic heterocycles. The van der Waals surface area contributed by atoms with Gasteiger partial charge in [0.25, 0.3) is 17.5 Å². The Kier molecular flexibility index (Phi) is 7.33. The summed E-state index contributed by atoms with van der Waals surface area (Å²) in [5, 5.41) is 11.2. The lowest BCUT2D eigenvalue weighted by Crippen LogP contribution is -2.55. The molecular formula is C25H27N3O7. The minimum atomic E-state index is -1.09. The molecule has 3 amide bonds. The number of hydrogen-bond acceptors (Lipinski definition) is 7. The zero-order valence-corrected chi connectivity index (χ0v) is 20.0. The van der Waals surface area contributed by atoms with Crippen LogP contribution in [0.15, 0.2) is 48.5 Å². The Morgan fingerprint density at radius 1 is 1.11 bits per heavy atom. The fourth-order valence-electron chi connectivity index (χ4n) is 3.95. The van der Waals surface area contributed by atoms with Gasteiger partial charge in [0.1, 0.15) is 6.04 Å². The molecule has 3 rings (SSSR count). The molecule has 0 bridgehead atoms. The van der Waals surface area contributed by atoms with Crippen molar-refractivity contribution in [3.8, 4) is 0 Å². The van der Waals surface area contributed by atoms with Crippen LogP contribution in [0.25, 0.3) is 0 Å². The van der Waals surface area contributed by atoms with Gasteiger partial charge in [-0.05, 0) is 57.5 Å². The number of imide groups is 1. The zero-order valence-electron chi connectivity index (χ0n) is 20.0. The predicted molar refractivity (Wildman–Crippen MR) is 127 cm³/mol. The molecule has 1 unspecified atom stereocenters. The summed E-state index contributed by atoms with van der Waals surface area (Å²) >= 11 is 0. The van der Waals surface area contributed by atoms with Crippen molar-refractivity contribution in [1.82, 2.24) is 4.90 Å². The van der Waals surface area contributed by atoms with Crippen LogP contribution in [-0.4, -0.2) is 51.7 Å². The first-order valence-corrected chi connectivity index (χ1v) is 11.2. The maximum atomic E-state index is 13.6. The van der Waals surface area contributed by atoms with Crippen molar-refractivity contribution in [2.24, 2.45) is 0 Å². The van der Waals surface area contributed by atoms with Gasteiger partial charge in [0.05, 0.1) is 29.2 Å². The lowest BCUT2D eigenvalue weighted by atomic mass is 9.94. The molecule has 0 N–H and O–H groups in total. The largest absolute Gasteiger partial charge is 0.462 e. The molecule has 1 atom stereocenters. The van der Waals surface area contributed by atoms with Gasteiger partial charge in [-0.15, -0.1) is 0 Å². The number of ether oxygens (including phenoxy) is 1. The van der Waals surface area contributed by atoms with Crippen LogP contribution in [0.3, 0.4) is 0 Å². The second-order valence-corrected chi connectivity index (χ2v) is 8.70. The molecule has 0 radical (unpaired) electrons. The number of nitro benzene ring substituents is 1. The molecule has 1 heterocycles. The average molecular weight is 482 g/mol. The summed E-state index contributed by atoms with van der Waals surface area (Å²) in [6.07, 6.45) is 0.239. The molecular weight excluding hydrogens is 454 g/mol. The monoisotopic (exact) mass is 481 g/mol. The number of hydrogen-bond donors (Lipinski definition) is 0. The first-order chi connectivity index (χ1) is 16.5. The van der Waals surface area contributed by atoms with Crippen LogP contribution in [0, 0.1) is 10.1 Å². The molecule has 184 valence electrons. The molecule has 1 aliphatic rings. The third-order valence-electron chi connectivity index (χ3n) is 6.11. The lowest BCUT2D eigenvalue weighted by Gasteiger charge is -2.41. The van der Waals surface area contributed by atoms with E-state index in [0.717, 1.165) is 11.0 Å². The number of rotatable bonds is 8. The van der Waals surface area contributed by atoms with Gasteiger partial charge < -0.3 is 9.64 Å². The highest BCUT2D eigenvalue weighted by molar-refractivity contribution is 6.23. The number of nitro groups is 1. The van der Waals surface area contributed by atoms with Gasteiger partial charge in [-0.1, -0.05) is 13.0 Å². The van der Waals surface area contributed by atoms with Crippen LogP contribution >= 0.6 is 0 Å². The standard InChI is InChI=1S/C25H27N3O7/c1-5-25(3,4)27(22(30)17-8-7-9-19(14-17)28(33)34)20-15-21(29)26(23(20)31)18-12-10-16(11-13-18)24(32)35-6-2/h7-14,20H,5-6,15H2,1-4H3. The number of amides is 3. The molecule has 10 nitrogen and oxygen atoms in total. The molecule has 35 heavy (non-hydrogen) atoms. The van der Waals surface area contributed by atoms with Gasteiger partial charge >= 0.3 is 5.97 Å². The van der Waals surface area contributed by atoms with E-state index in [-0.39, 0.29) is 35.5 Å². The van der Waals surface area contributed by atoms with E-state index >= 15 is 0 Å². The number of carbonyl (C=O) groups is 4. The van der Waals surface area contributed by atoms with E-state index in [0.29, 0.717) is 6.42 Å². The van der Waals surface area contributed by atoms with E-state index in [1.54, 1.807) is 20.8 Å². The van der Waals surface area contributed by atoms with E-state index in [4.69, 9.17) is 4.74 Å².